The van der Waals surface area contributed by atoms with Crippen LogP contribution in [0.5, 0.6) is 0 Å². The summed E-state index contributed by atoms with van der Waals surface area (Å²) in [4.78, 5) is 12.9. The number of esters is 1. The van der Waals surface area contributed by atoms with Crippen LogP contribution in [0.15, 0.2) is 12.2 Å². The van der Waals surface area contributed by atoms with E-state index < -0.39 is 0 Å². The zero-order chi connectivity index (χ0) is 30.9. The van der Waals surface area contributed by atoms with Gasteiger partial charge in [0.15, 0.2) is 0 Å². The molecule has 17 atom stereocenters. The summed E-state index contributed by atoms with van der Waals surface area (Å²) in [6.45, 7) is 5.68. The van der Waals surface area contributed by atoms with Crippen molar-refractivity contribution in [2.24, 2.45) is 47.3 Å². The molecule has 5 aliphatic heterocycles. The zero-order valence-corrected chi connectivity index (χ0v) is 29.2. The molecule has 9 aliphatic rings. The molecule has 47 heavy (non-hydrogen) atoms. The molecule has 4 saturated carbocycles. The summed E-state index contributed by atoms with van der Waals surface area (Å²) in [5.74, 6) is 4.27. The van der Waals surface area contributed by atoms with E-state index in [4.69, 9.17) is 4.74 Å². The molecule has 10 nitrogen and oxygen atoms in total. The zero-order valence-electron chi connectivity index (χ0n) is 28.2. The van der Waals surface area contributed by atoms with Gasteiger partial charge < -0.3 is 4.74 Å². The first-order valence-corrected chi connectivity index (χ1v) is 19.5. The minimum Gasteiger partial charge on any atom is -0.459 e. The number of fused-ring (bicyclic) bond motifs is 20. The molecule has 8 N–H and O–H groups in total. The van der Waals surface area contributed by atoms with Crippen LogP contribution in [-0.4, -0.2) is 61.4 Å². The van der Waals surface area contributed by atoms with Crippen molar-refractivity contribution in [1.29, 1.82) is 0 Å². The Hall–Kier alpha value is -0.591. The van der Waals surface area contributed by atoms with Crippen LogP contribution in [0.3, 0.4) is 0 Å². The molecule has 0 aromatic heterocycles. The number of ether oxygens (including phenoxy) is 1. The van der Waals surface area contributed by atoms with Crippen LogP contribution in [0.4, 0.5) is 0 Å². The summed E-state index contributed by atoms with van der Waals surface area (Å²) in [6, 6.07) is 0. The van der Waals surface area contributed by atoms with Gasteiger partial charge >= 0.3 is 5.97 Å². The van der Waals surface area contributed by atoms with Gasteiger partial charge in [-0.2, -0.15) is 0 Å². The Kier molecular flexibility index (Phi) is 9.89. The molecule has 0 amide bonds. The fraction of sp³-hybridized carbons (Fsp3) is 0.917. The van der Waals surface area contributed by atoms with E-state index >= 15 is 0 Å². The van der Waals surface area contributed by atoms with Gasteiger partial charge in [-0.1, -0.05) is 45.1 Å². The second-order valence-electron chi connectivity index (χ2n) is 16.9. The first kappa shape index (κ1) is 33.5. The summed E-state index contributed by atoms with van der Waals surface area (Å²) in [6.07, 6.45) is 21.0. The summed E-state index contributed by atoms with van der Waals surface area (Å²) in [7, 11) is 0. The van der Waals surface area contributed by atoms with Crippen molar-refractivity contribution >= 4 is 5.97 Å². The maximum absolute atomic E-state index is 12.9. The molecule has 9 fully saturated rings. The van der Waals surface area contributed by atoms with E-state index in [1.54, 1.807) is 6.92 Å². The number of nitrogens with one attached hydrogen (secondary N) is 8. The largest absolute Gasteiger partial charge is 0.459 e. The van der Waals surface area contributed by atoms with Crippen LogP contribution in [0.1, 0.15) is 103 Å². The molecule has 267 valence electrons. The molecule has 0 aromatic rings. The third kappa shape index (κ3) is 6.10. The van der Waals surface area contributed by atoms with E-state index in [0.29, 0.717) is 71.7 Å². The van der Waals surface area contributed by atoms with Crippen LogP contribution in [0, 0.1) is 47.3 Å². The first-order chi connectivity index (χ1) is 22.5. The predicted octanol–water partition coefficient (Wildman–Crippen LogP) is 2.70. The van der Waals surface area contributed by atoms with Gasteiger partial charge in [-0.05, 0) is 106 Å². The maximum atomic E-state index is 12.9. The molecule has 17 unspecified atom stereocenters. The van der Waals surface area contributed by atoms with Crippen LogP contribution in [0.25, 0.3) is 0 Å². The normalized spacial score (nSPS) is 51.9. The van der Waals surface area contributed by atoms with E-state index in [0.717, 1.165) is 19.3 Å². The predicted molar refractivity (Wildman–Crippen MR) is 177 cm³/mol. The standard InChI is InChI=1S/C36H60N8O2.Cu/c1-18(2)36(45)46-26-17-9-16-25-27(26)35-43-33-24-15-8-7-14-23(24)31(41-33)39-29-20-11-4-3-10-19(20)28(37-29)38-30-21-12-5-6-13-22(21)32(40-30)42-34(25)44-35;/h19-35,37-44H,1,3-17H2,2H3;. The van der Waals surface area contributed by atoms with Gasteiger partial charge in [0.1, 0.15) is 6.10 Å². The smallest absolute Gasteiger partial charge is 0.333 e. The average Bonchev–Trinajstić information content (AvgIpc) is 3.81. The van der Waals surface area contributed by atoms with Crippen LogP contribution in [-0.2, 0) is 26.6 Å². The first-order valence-electron chi connectivity index (χ1n) is 19.5. The minimum absolute atomic E-state index is 0. The van der Waals surface area contributed by atoms with E-state index in [9.17, 15) is 4.79 Å². The summed E-state index contributed by atoms with van der Waals surface area (Å²) in [5, 5.41) is 33.4. The molecule has 0 spiro atoms. The van der Waals surface area contributed by atoms with Crippen molar-refractivity contribution in [1.82, 2.24) is 42.5 Å². The Morgan fingerprint density at radius 3 is 1.11 bits per heavy atom. The fourth-order valence-electron chi connectivity index (χ4n) is 12.4. The van der Waals surface area contributed by atoms with E-state index in [-0.39, 0.29) is 59.7 Å². The Labute approximate surface area is 292 Å². The van der Waals surface area contributed by atoms with E-state index in [2.05, 4.69) is 49.1 Å². The molecule has 5 heterocycles. The number of carbonyl (C=O) groups is 1. The van der Waals surface area contributed by atoms with Crippen molar-refractivity contribution in [3.8, 4) is 0 Å². The Balaban J connectivity index is 0.00000324. The summed E-state index contributed by atoms with van der Waals surface area (Å²) < 4.78 is 6.25. The fourth-order valence-corrected chi connectivity index (χ4v) is 12.4. The van der Waals surface area contributed by atoms with Crippen molar-refractivity contribution < 1.29 is 26.6 Å². The molecule has 4 aliphatic carbocycles. The molecule has 0 aromatic carbocycles. The van der Waals surface area contributed by atoms with E-state index in [1.165, 1.54) is 77.0 Å². The van der Waals surface area contributed by atoms with Crippen LogP contribution < -0.4 is 42.5 Å². The number of rotatable bonds is 2. The minimum atomic E-state index is -0.241. The van der Waals surface area contributed by atoms with Crippen molar-refractivity contribution in [2.75, 3.05) is 0 Å². The second kappa shape index (κ2) is 13.9. The second-order valence-corrected chi connectivity index (χ2v) is 16.9. The molecule has 11 heteroatoms. The Bertz CT molecular complexity index is 1160. The number of hydrogen-bond acceptors (Lipinski definition) is 10. The van der Waals surface area contributed by atoms with Gasteiger partial charge in [0, 0.05) is 28.6 Å². The monoisotopic (exact) mass is 699 g/mol. The van der Waals surface area contributed by atoms with Gasteiger partial charge in [0.25, 0.3) is 0 Å². The quantitative estimate of drug-likeness (QED) is 0.124. The molecule has 5 saturated heterocycles. The van der Waals surface area contributed by atoms with Gasteiger partial charge in [0.2, 0.25) is 0 Å². The topological polar surface area (TPSA) is 123 Å². The van der Waals surface area contributed by atoms with E-state index in [1.807, 2.05) is 0 Å². The summed E-state index contributed by atoms with van der Waals surface area (Å²) in [5.41, 5.74) is 0.495. The third-order valence-corrected chi connectivity index (χ3v) is 14.4. The van der Waals surface area contributed by atoms with Crippen LogP contribution >= 0.6 is 0 Å². The van der Waals surface area contributed by atoms with Gasteiger partial charge in [-0.25, -0.2) is 4.79 Å². The molecular weight excluding hydrogens is 640 g/mol. The third-order valence-electron chi connectivity index (χ3n) is 14.4. The van der Waals surface area contributed by atoms with Gasteiger partial charge in [-0.15, -0.1) is 0 Å². The van der Waals surface area contributed by atoms with Crippen molar-refractivity contribution in [3.05, 3.63) is 12.2 Å². The summed E-state index contributed by atoms with van der Waals surface area (Å²) >= 11 is 0. The average molecular weight is 700 g/mol. The Morgan fingerprint density at radius 1 is 0.468 bits per heavy atom. The molecule has 1 radical (unpaired) electrons. The van der Waals surface area contributed by atoms with Gasteiger partial charge in [0.05, 0.1) is 49.3 Å². The molecule has 9 rings (SSSR count). The van der Waals surface area contributed by atoms with Crippen LogP contribution in [0.2, 0.25) is 0 Å². The molecule has 8 bridgehead atoms. The Morgan fingerprint density at radius 2 is 0.766 bits per heavy atom. The van der Waals surface area contributed by atoms with Crippen molar-refractivity contribution in [3.63, 3.8) is 0 Å². The SMILES string of the molecule is C=C(C)C(=O)OC1CCCC2C3NC4NC(NC5NC(NC6NC(NC(N3)C12)C1CCCCC61)C1CCCCC51)C1CCCCC41.[Cu]. The molecular formula is C36H60CuN8O2. The van der Waals surface area contributed by atoms with Crippen molar-refractivity contribution in [2.45, 2.75) is 159 Å². The number of hydrogen-bond donors (Lipinski definition) is 8. The maximum Gasteiger partial charge on any atom is 0.333 e. The van der Waals surface area contributed by atoms with Gasteiger partial charge in [-0.3, -0.25) is 42.5 Å². The number of carbonyl (C=O) groups excluding carboxylic acids is 1.